The van der Waals surface area contributed by atoms with Crippen LogP contribution in [-0.4, -0.2) is 4.57 Å². The van der Waals surface area contributed by atoms with Crippen LogP contribution >= 0.6 is 0 Å². The molecule has 0 saturated carbocycles. The maximum absolute atomic E-state index is 11.6. The Labute approximate surface area is 92.1 Å². The summed E-state index contributed by atoms with van der Waals surface area (Å²) in [5, 5.41) is 0.457. The van der Waals surface area contributed by atoms with Crippen molar-refractivity contribution in [1.82, 2.24) is 4.57 Å². The SMILES string of the molecule is CCCCn1c(=O)oc(=O)c2ccccc21. The Bertz CT molecular complexity index is 609. The minimum Gasteiger partial charge on any atom is -0.372 e. The zero-order valence-corrected chi connectivity index (χ0v) is 9.10. The van der Waals surface area contributed by atoms with E-state index in [1.165, 1.54) is 4.57 Å². The van der Waals surface area contributed by atoms with Gasteiger partial charge in [0.2, 0.25) is 0 Å². The van der Waals surface area contributed by atoms with Crippen LogP contribution in [0.4, 0.5) is 0 Å². The van der Waals surface area contributed by atoms with Crippen molar-refractivity contribution in [2.75, 3.05) is 0 Å². The number of nitrogens with zero attached hydrogens (tertiary/aromatic N) is 1. The van der Waals surface area contributed by atoms with Crippen molar-refractivity contribution in [3.63, 3.8) is 0 Å². The highest BCUT2D eigenvalue weighted by Gasteiger charge is 2.07. The molecule has 1 aromatic carbocycles. The molecule has 0 amide bonds. The normalized spacial score (nSPS) is 10.8. The highest BCUT2D eigenvalue weighted by Crippen LogP contribution is 2.07. The van der Waals surface area contributed by atoms with Crippen LogP contribution in [0.3, 0.4) is 0 Å². The van der Waals surface area contributed by atoms with Gasteiger partial charge < -0.3 is 4.42 Å². The lowest BCUT2D eigenvalue weighted by Crippen LogP contribution is -2.25. The lowest BCUT2D eigenvalue weighted by Gasteiger charge is -2.06. The highest BCUT2D eigenvalue weighted by atomic mass is 16.4. The van der Waals surface area contributed by atoms with Gasteiger partial charge in [0.25, 0.3) is 0 Å². The molecule has 0 spiro atoms. The van der Waals surface area contributed by atoms with Gasteiger partial charge in [0.05, 0.1) is 10.9 Å². The molecule has 0 N–H and O–H groups in total. The molecule has 0 fully saturated rings. The van der Waals surface area contributed by atoms with Gasteiger partial charge in [-0.05, 0) is 18.6 Å². The zero-order chi connectivity index (χ0) is 11.5. The topological polar surface area (TPSA) is 52.2 Å². The average molecular weight is 219 g/mol. The number of aryl methyl sites for hydroxylation is 1. The third-order valence-corrected chi connectivity index (χ3v) is 2.55. The number of para-hydroxylation sites is 1. The van der Waals surface area contributed by atoms with E-state index < -0.39 is 11.4 Å². The second-order valence-electron chi connectivity index (χ2n) is 3.68. The molecule has 0 aliphatic carbocycles. The molecule has 0 saturated heterocycles. The number of benzene rings is 1. The fourth-order valence-electron chi connectivity index (χ4n) is 1.70. The third kappa shape index (κ3) is 1.78. The first-order valence-corrected chi connectivity index (χ1v) is 5.36. The fraction of sp³-hybridized carbons (Fsp3) is 0.333. The molecule has 4 heteroatoms. The minimum atomic E-state index is -0.572. The first-order chi connectivity index (χ1) is 7.74. The van der Waals surface area contributed by atoms with Gasteiger partial charge in [-0.2, -0.15) is 0 Å². The maximum Gasteiger partial charge on any atom is 0.422 e. The second kappa shape index (κ2) is 4.35. The van der Waals surface area contributed by atoms with Crippen LogP contribution in [-0.2, 0) is 6.54 Å². The van der Waals surface area contributed by atoms with E-state index >= 15 is 0 Å². The quantitative estimate of drug-likeness (QED) is 0.790. The van der Waals surface area contributed by atoms with Crippen LogP contribution in [0.5, 0.6) is 0 Å². The van der Waals surface area contributed by atoms with Crippen LogP contribution in [0.25, 0.3) is 10.9 Å². The molecule has 16 heavy (non-hydrogen) atoms. The van der Waals surface area contributed by atoms with Crippen LogP contribution in [0.1, 0.15) is 19.8 Å². The van der Waals surface area contributed by atoms with E-state index in [1.807, 2.05) is 13.0 Å². The van der Waals surface area contributed by atoms with Crippen molar-refractivity contribution < 1.29 is 4.42 Å². The summed E-state index contributed by atoms with van der Waals surface area (Å²) in [7, 11) is 0. The minimum absolute atomic E-state index is 0.457. The largest absolute Gasteiger partial charge is 0.422 e. The van der Waals surface area contributed by atoms with Crippen LogP contribution in [0.15, 0.2) is 38.3 Å². The number of rotatable bonds is 3. The first kappa shape index (κ1) is 10.7. The smallest absolute Gasteiger partial charge is 0.372 e. The second-order valence-corrected chi connectivity index (χ2v) is 3.68. The van der Waals surface area contributed by atoms with Gasteiger partial charge in [0.15, 0.2) is 0 Å². The van der Waals surface area contributed by atoms with Crippen LogP contribution in [0, 0.1) is 0 Å². The first-order valence-electron chi connectivity index (χ1n) is 5.36. The summed E-state index contributed by atoms with van der Waals surface area (Å²) < 4.78 is 6.18. The Morgan fingerprint density at radius 3 is 2.75 bits per heavy atom. The van der Waals surface area contributed by atoms with Gasteiger partial charge in [0, 0.05) is 6.54 Å². The Morgan fingerprint density at radius 2 is 2.00 bits per heavy atom. The number of fused-ring (bicyclic) bond motifs is 1. The average Bonchev–Trinajstić information content (AvgIpc) is 2.29. The molecule has 0 aliphatic rings. The predicted molar refractivity (Wildman–Crippen MR) is 61.7 cm³/mol. The summed E-state index contributed by atoms with van der Waals surface area (Å²) in [4.78, 5) is 23.0. The maximum atomic E-state index is 11.6. The molecular formula is C12H13NO3. The molecular weight excluding hydrogens is 206 g/mol. The number of hydrogen-bond acceptors (Lipinski definition) is 3. The molecule has 0 radical (unpaired) electrons. The highest BCUT2D eigenvalue weighted by molar-refractivity contribution is 5.77. The van der Waals surface area contributed by atoms with E-state index in [9.17, 15) is 9.59 Å². The summed E-state index contributed by atoms with van der Waals surface area (Å²) in [5.41, 5.74) is 0.0885. The van der Waals surface area contributed by atoms with E-state index in [2.05, 4.69) is 4.42 Å². The van der Waals surface area contributed by atoms with Crippen molar-refractivity contribution in [2.24, 2.45) is 0 Å². The van der Waals surface area contributed by atoms with E-state index in [0.29, 0.717) is 17.4 Å². The molecule has 0 atom stereocenters. The molecule has 2 rings (SSSR count). The fourth-order valence-corrected chi connectivity index (χ4v) is 1.70. The Morgan fingerprint density at radius 1 is 1.25 bits per heavy atom. The molecule has 1 heterocycles. The monoisotopic (exact) mass is 219 g/mol. The van der Waals surface area contributed by atoms with Gasteiger partial charge in [-0.3, -0.25) is 4.57 Å². The molecule has 2 aromatic rings. The van der Waals surface area contributed by atoms with Crippen molar-refractivity contribution in [1.29, 1.82) is 0 Å². The lowest BCUT2D eigenvalue weighted by molar-refractivity contribution is 0.412. The Kier molecular flexibility index (Phi) is 2.90. The molecule has 0 aliphatic heterocycles. The predicted octanol–water partition coefficient (Wildman–Crippen LogP) is 1.75. The van der Waals surface area contributed by atoms with E-state index in [0.717, 1.165) is 12.8 Å². The molecule has 0 unspecified atom stereocenters. The van der Waals surface area contributed by atoms with E-state index in [1.54, 1.807) is 18.2 Å². The van der Waals surface area contributed by atoms with Crippen molar-refractivity contribution in [2.45, 2.75) is 26.3 Å². The summed E-state index contributed by atoms with van der Waals surface area (Å²) in [5.74, 6) is -0.572. The summed E-state index contributed by atoms with van der Waals surface area (Å²) >= 11 is 0. The van der Waals surface area contributed by atoms with E-state index in [4.69, 9.17) is 0 Å². The van der Waals surface area contributed by atoms with Crippen LogP contribution < -0.4 is 11.4 Å². The van der Waals surface area contributed by atoms with Gasteiger partial charge in [-0.1, -0.05) is 25.5 Å². The van der Waals surface area contributed by atoms with Crippen LogP contribution in [0.2, 0.25) is 0 Å². The van der Waals surface area contributed by atoms with Gasteiger partial charge >= 0.3 is 11.4 Å². The van der Waals surface area contributed by atoms with Crippen molar-refractivity contribution in [3.8, 4) is 0 Å². The zero-order valence-electron chi connectivity index (χ0n) is 9.10. The van der Waals surface area contributed by atoms with Gasteiger partial charge in [-0.15, -0.1) is 0 Å². The van der Waals surface area contributed by atoms with Crippen molar-refractivity contribution in [3.05, 3.63) is 45.2 Å². The standard InChI is InChI=1S/C12H13NO3/c1-2-3-8-13-10-7-5-4-6-9(10)11(14)16-12(13)15/h4-7H,2-3,8H2,1H3. The summed E-state index contributed by atoms with van der Waals surface area (Å²) in [6.45, 7) is 2.63. The van der Waals surface area contributed by atoms with Gasteiger partial charge in [-0.25, -0.2) is 9.59 Å². The molecule has 4 nitrogen and oxygen atoms in total. The van der Waals surface area contributed by atoms with Gasteiger partial charge in [0.1, 0.15) is 0 Å². The third-order valence-electron chi connectivity index (χ3n) is 2.55. The molecule has 1 aromatic heterocycles. The number of hydrogen-bond donors (Lipinski definition) is 0. The Balaban J connectivity index is 2.72. The number of unbranched alkanes of at least 4 members (excludes halogenated alkanes) is 1. The Hall–Kier alpha value is -1.84. The molecule has 0 bridgehead atoms. The molecule has 84 valence electrons. The van der Waals surface area contributed by atoms with E-state index in [-0.39, 0.29) is 0 Å². The summed E-state index contributed by atoms with van der Waals surface area (Å²) in [6.07, 6.45) is 1.87. The number of aromatic nitrogens is 1. The van der Waals surface area contributed by atoms with Crippen molar-refractivity contribution >= 4 is 10.9 Å². The lowest BCUT2D eigenvalue weighted by atomic mass is 10.2. The summed E-state index contributed by atoms with van der Waals surface area (Å²) in [6, 6.07) is 7.00.